The molecule has 2 N–H and O–H groups in total. The van der Waals surface area contributed by atoms with Crippen LogP contribution in [0, 0.1) is 0 Å². The van der Waals surface area contributed by atoms with Crippen molar-refractivity contribution in [2.24, 2.45) is 0 Å². The average molecular weight is 283 g/mol. The normalized spacial score (nSPS) is 27.2. The van der Waals surface area contributed by atoms with Crippen LogP contribution in [0.15, 0.2) is 0 Å². The minimum absolute atomic E-state index is 0.0681. The maximum absolute atomic E-state index is 12.2. The Balaban J connectivity index is 1.83. The van der Waals surface area contributed by atoms with Crippen molar-refractivity contribution in [3.8, 4) is 0 Å². The molecule has 2 saturated heterocycles. The molecule has 2 heterocycles. The fraction of sp³-hybridized carbons (Fsp3) is 0.933. The van der Waals surface area contributed by atoms with E-state index in [1.165, 1.54) is 0 Å². The highest BCUT2D eigenvalue weighted by Gasteiger charge is 2.38. The molecule has 2 aliphatic heterocycles. The van der Waals surface area contributed by atoms with Crippen LogP contribution in [0.25, 0.3) is 0 Å². The minimum atomic E-state index is 0.0681. The van der Waals surface area contributed by atoms with Gasteiger partial charge in [-0.2, -0.15) is 0 Å². The predicted molar refractivity (Wildman–Crippen MR) is 79.7 cm³/mol. The molecule has 0 aromatic carbocycles. The van der Waals surface area contributed by atoms with E-state index in [0.29, 0.717) is 6.54 Å². The number of carbonyl (C=O) groups is 1. The molecule has 0 aromatic rings. The zero-order valence-electron chi connectivity index (χ0n) is 13.3. The number of nitrogens with one attached hydrogen (secondary N) is 2. The van der Waals surface area contributed by atoms with Crippen molar-refractivity contribution in [3.05, 3.63) is 0 Å². The van der Waals surface area contributed by atoms with E-state index >= 15 is 0 Å². The average Bonchev–Trinajstić information content (AvgIpc) is 2.25. The van der Waals surface area contributed by atoms with E-state index in [1.54, 1.807) is 0 Å². The third-order valence-electron chi connectivity index (χ3n) is 4.03. The van der Waals surface area contributed by atoms with Gasteiger partial charge >= 0.3 is 0 Å². The number of carbonyl (C=O) groups excluding carboxylic acids is 1. The van der Waals surface area contributed by atoms with E-state index in [1.807, 2.05) is 0 Å². The highest BCUT2D eigenvalue weighted by Crippen LogP contribution is 2.28. The molecule has 0 aromatic heterocycles. The molecule has 2 aliphatic rings. The van der Waals surface area contributed by atoms with Gasteiger partial charge in [0.05, 0.1) is 19.8 Å². The van der Waals surface area contributed by atoms with Crippen molar-refractivity contribution in [2.75, 3.05) is 32.8 Å². The molecule has 0 radical (unpaired) electrons. The van der Waals surface area contributed by atoms with Gasteiger partial charge in [-0.3, -0.25) is 9.69 Å². The van der Waals surface area contributed by atoms with Crippen molar-refractivity contribution in [3.63, 3.8) is 0 Å². The Kier molecular flexibility index (Phi) is 4.72. The van der Waals surface area contributed by atoms with Crippen LogP contribution >= 0.6 is 0 Å². The van der Waals surface area contributed by atoms with Crippen LogP contribution in [0.1, 0.15) is 40.5 Å². The van der Waals surface area contributed by atoms with E-state index in [9.17, 15) is 4.79 Å². The van der Waals surface area contributed by atoms with Crippen LogP contribution in [-0.2, 0) is 9.53 Å². The zero-order chi connectivity index (χ0) is 14.8. The fourth-order valence-electron chi connectivity index (χ4n) is 3.66. The second-order valence-corrected chi connectivity index (χ2v) is 7.45. The Hall–Kier alpha value is -0.650. The summed E-state index contributed by atoms with van der Waals surface area (Å²) in [6.45, 7) is 12.5. The molecule has 0 unspecified atom stereocenters. The topological polar surface area (TPSA) is 53.6 Å². The minimum Gasteiger partial charge on any atom is -0.379 e. The van der Waals surface area contributed by atoms with Gasteiger partial charge in [-0.05, 0) is 40.5 Å². The third-order valence-corrected chi connectivity index (χ3v) is 4.03. The zero-order valence-corrected chi connectivity index (χ0v) is 13.3. The Morgan fingerprint density at radius 2 is 1.75 bits per heavy atom. The molecule has 5 nitrogen and oxygen atoms in total. The molecular formula is C15H29N3O2. The van der Waals surface area contributed by atoms with Crippen LogP contribution in [0.5, 0.6) is 0 Å². The second kappa shape index (κ2) is 6.00. The number of hydrogen-bond acceptors (Lipinski definition) is 4. The largest absolute Gasteiger partial charge is 0.379 e. The third kappa shape index (κ3) is 4.72. The summed E-state index contributed by atoms with van der Waals surface area (Å²) in [6, 6.07) is 0.259. The number of rotatable bonds is 3. The fourth-order valence-corrected chi connectivity index (χ4v) is 3.66. The van der Waals surface area contributed by atoms with Crippen molar-refractivity contribution in [1.82, 2.24) is 15.5 Å². The SMILES string of the molecule is CC1(C)CC(NC(=O)CN2CCOCC2)CC(C)(C)N1. The molecule has 116 valence electrons. The lowest BCUT2D eigenvalue weighted by molar-refractivity contribution is -0.124. The molecule has 0 saturated carbocycles. The summed E-state index contributed by atoms with van der Waals surface area (Å²) < 4.78 is 5.30. The van der Waals surface area contributed by atoms with Gasteiger partial charge in [0.25, 0.3) is 0 Å². The van der Waals surface area contributed by atoms with Crippen molar-refractivity contribution in [1.29, 1.82) is 0 Å². The Labute approximate surface area is 122 Å². The van der Waals surface area contributed by atoms with Crippen LogP contribution in [0.4, 0.5) is 0 Å². The molecule has 0 aliphatic carbocycles. The maximum Gasteiger partial charge on any atom is 0.234 e. The van der Waals surface area contributed by atoms with Gasteiger partial charge in [-0.15, -0.1) is 0 Å². The van der Waals surface area contributed by atoms with Gasteiger partial charge < -0.3 is 15.4 Å². The van der Waals surface area contributed by atoms with Crippen LogP contribution in [0.3, 0.4) is 0 Å². The number of piperidine rings is 1. The van der Waals surface area contributed by atoms with Crippen molar-refractivity contribution >= 4 is 5.91 Å². The van der Waals surface area contributed by atoms with Gasteiger partial charge in [0.1, 0.15) is 0 Å². The van der Waals surface area contributed by atoms with E-state index in [-0.39, 0.29) is 23.0 Å². The lowest BCUT2D eigenvalue weighted by atomic mass is 9.79. The Morgan fingerprint density at radius 3 is 2.30 bits per heavy atom. The van der Waals surface area contributed by atoms with Gasteiger partial charge in [0.15, 0.2) is 0 Å². The van der Waals surface area contributed by atoms with Gasteiger partial charge in [-0.25, -0.2) is 0 Å². The highest BCUT2D eigenvalue weighted by molar-refractivity contribution is 5.78. The molecule has 2 rings (SSSR count). The number of amides is 1. The summed E-state index contributed by atoms with van der Waals surface area (Å²) in [5.41, 5.74) is 0.136. The molecule has 1 amide bonds. The van der Waals surface area contributed by atoms with Gasteiger partial charge in [-0.1, -0.05) is 0 Å². The first-order valence-corrected chi connectivity index (χ1v) is 7.65. The lowest BCUT2D eigenvalue weighted by Crippen LogP contribution is -2.62. The molecule has 5 heteroatoms. The van der Waals surface area contributed by atoms with Crippen LogP contribution < -0.4 is 10.6 Å². The molecule has 20 heavy (non-hydrogen) atoms. The number of nitrogens with zero attached hydrogens (tertiary/aromatic N) is 1. The Bertz CT molecular complexity index is 333. The molecule has 0 bridgehead atoms. The van der Waals surface area contributed by atoms with E-state index in [4.69, 9.17) is 4.74 Å². The molecule has 0 spiro atoms. The first-order chi connectivity index (χ1) is 9.26. The first-order valence-electron chi connectivity index (χ1n) is 7.65. The first kappa shape index (κ1) is 15.7. The summed E-state index contributed by atoms with van der Waals surface area (Å²) in [6.07, 6.45) is 1.95. The number of ether oxygens (including phenoxy) is 1. The Morgan fingerprint density at radius 1 is 1.20 bits per heavy atom. The summed E-state index contributed by atoms with van der Waals surface area (Å²) in [5, 5.41) is 6.85. The standard InChI is InChI=1S/C15H29N3O2/c1-14(2)9-12(10-15(3,4)17-14)16-13(19)11-18-5-7-20-8-6-18/h12,17H,5-11H2,1-4H3,(H,16,19). The van der Waals surface area contributed by atoms with E-state index in [0.717, 1.165) is 39.1 Å². The monoisotopic (exact) mass is 283 g/mol. The lowest BCUT2D eigenvalue weighted by Gasteiger charge is -2.46. The number of hydrogen-bond donors (Lipinski definition) is 2. The summed E-state index contributed by atoms with van der Waals surface area (Å²) in [5.74, 6) is 0.144. The molecule has 2 fully saturated rings. The predicted octanol–water partition coefficient (Wildman–Crippen LogP) is 0.744. The second-order valence-electron chi connectivity index (χ2n) is 7.45. The van der Waals surface area contributed by atoms with Crippen molar-refractivity contribution in [2.45, 2.75) is 57.7 Å². The summed E-state index contributed by atoms with van der Waals surface area (Å²) in [4.78, 5) is 14.4. The quantitative estimate of drug-likeness (QED) is 0.802. The van der Waals surface area contributed by atoms with E-state index in [2.05, 4.69) is 43.2 Å². The smallest absolute Gasteiger partial charge is 0.234 e. The van der Waals surface area contributed by atoms with Crippen LogP contribution in [0.2, 0.25) is 0 Å². The van der Waals surface area contributed by atoms with Gasteiger partial charge in [0, 0.05) is 30.2 Å². The molecular weight excluding hydrogens is 254 g/mol. The van der Waals surface area contributed by atoms with Crippen LogP contribution in [-0.4, -0.2) is 60.8 Å². The van der Waals surface area contributed by atoms with Gasteiger partial charge in [0.2, 0.25) is 5.91 Å². The maximum atomic E-state index is 12.2. The molecule has 0 atom stereocenters. The highest BCUT2D eigenvalue weighted by atomic mass is 16.5. The number of morpholine rings is 1. The summed E-state index contributed by atoms with van der Waals surface area (Å²) in [7, 11) is 0. The van der Waals surface area contributed by atoms with Crippen molar-refractivity contribution < 1.29 is 9.53 Å². The van der Waals surface area contributed by atoms with E-state index < -0.39 is 0 Å². The summed E-state index contributed by atoms with van der Waals surface area (Å²) >= 11 is 0.